The van der Waals surface area contributed by atoms with Crippen LogP contribution in [-0.2, 0) is 11.3 Å². The van der Waals surface area contributed by atoms with Crippen LogP contribution in [0.15, 0.2) is 83.7 Å². The molecule has 2 atom stereocenters. The summed E-state index contributed by atoms with van der Waals surface area (Å²) in [6, 6.07) is 24.0. The van der Waals surface area contributed by atoms with E-state index in [4.69, 9.17) is 9.47 Å². The lowest BCUT2D eigenvalue weighted by molar-refractivity contribution is -0.0311. The number of carbonyl (C=O) groups is 1. The Hall–Kier alpha value is -4.38. The highest BCUT2D eigenvalue weighted by Gasteiger charge is 2.37. The molecule has 1 amide bonds. The standard InChI is InChI=1S/C41H52N4O6/c46-36-19-17-34(35-18-20-39(48)43-40(35)36)37(47)27-42-23-9-4-2-1-3-5-10-26-50-33-15-13-30(14-16-33)28-45(32-11-7-6-8-12-32)41(49)51-38-29-44-24-21-31(38)22-25-44/h6-8,11-20,31,37-38,42,46-47H,1-5,9-10,21-29H2,(H,43,48)/t37-,38-/m0/s1. The summed E-state index contributed by atoms with van der Waals surface area (Å²) in [6.45, 7) is 5.40. The number of anilines is 1. The molecule has 3 aliphatic heterocycles. The number of aliphatic hydroxyl groups is 1. The van der Waals surface area contributed by atoms with Crippen LogP contribution in [-0.4, -0.2) is 71.6 Å². The van der Waals surface area contributed by atoms with E-state index in [0.717, 1.165) is 81.7 Å². The molecule has 3 aliphatic rings. The molecule has 4 aromatic rings. The molecule has 1 aromatic heterocycles. The van der Waals surface area contributed by atoms with Crippen LogP contribution in [0.5, 0.6) is 11.5 Å². The van der Waals surface area contributed by atoms with Crippen molar-refractivity contribution in [3.05, 3.63) is 100 Å². The Balaban J connectivity index is 0.831. The van der Waals surface area contributed by atoms with Crippen molar-refractivity contribution in [2.45, 2.75) is 76.5 Å². The Kier molecular flexibility index (Phi) is 13.0. The summed E-state index contributed by atoms with van der Waals surface area (Å²) in [4.78, 5) is 31.8. The van der Waals surface area contributed by atoms with E-state index in [2.05, 4.69) is 15.2 Å². The molecule has 0 saturated carbocycles. The van der Waals surface area contributed by atoms with Crippen molar-refractivity contribution < 1.29 is 24.5 Å². The maximum atomic E-state index is 13.4. The lowest BCUT2D eigenvalue weighted by Gasteiger charge is -2.44. The van der Waals surface area contributed by atoms with Crippen LogP contribution in [0, 0.1) is 5.92 Å². The molecule has 4 N–H and O–H groups in total. The summed E-state index contributed by atoms with van der Waals surface area (Å²) in [7, 11) is 0. The topological polar surface area (TPSA) is 127 Å². The van der Waals surface area contributed by atoms with Crippen molar-refractivity contribution in [3.8, 4) is 11.5 Å². The number of para-hydroxylation sites is 1. The van der Waals surface area contributed by atoms with Crippen molar-refractivity contribution in [2.24, 2.45) is 5.92 Å². The number of hydrogen-bond acceptors (Lipinski definition) is 8. The number of phenolic OH excluding ortho intramolecular Hbond substituents is 1. The van der Waals surface area contributed by atoms with Gasteiger partial charge in [0.2, 0.25) is 5.56 Å². The molecular formula is C41H52N4O6. The number of nitrogens with one attached hydrogen (secondary N) is 2. The van der Waals surface area contributed by atoms with Crippen molar-refractivity contribution in [3.63, 3.8) is 0 Å². The Bertz CT molecular complexity index is 1740. The number of pyridine rings is 1. The van der Waals surface area contributed by atoms with Crippen LogP contribution >= 0.6 is 0 Å². The number of carbonyl (C=O) groups excluding carboxylic acids is 1. The molecule has 0 aliphatic carbocycles. The van der Waals surface area contributed by atoms with E-state index < -0.39 is 6.10 Å². The second-order valence-corrected chi connectivity index (χ2v) is 14.0. The Morgan fingerprint density at radius 1 is 0.902 bits per heavy atom. The number of unbranched alkanes of at least 4 members (excludes halogenated alkanes) is 6. The predicted molar refractivity (Wildman–Crippen MR) is 200 cm³/mol. The number of benzene rings is 3. The van der Waals surface area contributed by atoms with Gasteiger partial charge >= 0.3 is 6.09 Å². The van der Waals surface area contributed by atoms with E-state index in [9.17, 15) is 19.8 Å². The van der Waals surface area contributed by atoms with Gasteiger partial charge in [-0.25, -0.2) is 4.79 Å². The molecule has 3 fully saturated rings. The van der Waals surface area contributed by atoms with Gasteiger partial charge in [-0.1, -0.05) is 68.5 Å². The third-order valence-electron chi connectivity index (χ3n) is 10.3. The number of aromatic hydroxyl groups is 1. The monoisotopic (exact) mass is 696 g/mol. The number of hydrogen-bond donors (Lipinski definition) is 4. The minimum absolute atomic E-state index is 0.00700. The van der Waals surface area contributed by atoms with Gasteiger partial charge in [-0.2, -0.15) is 0 Å². The molecule has 0 unspecified atom stereocenters. The second kappa shape index (κ2) is 18.2. The Morgan fingerprint density at radius 3 is 2.35 bits per heavy atom. The van der Waals surface area contributed by atoms with E-state index >= 15 is 0 Å². The Labute approximate surface area is 300 Å². The van der Waals surface area contributed by atoms with Crippen molar-refractivity contribution in [1.82, 2.24) is 15.2 Å². The van der Waals surface area contributed by atoms with E-state index in [1.165, 1.54) is 31.4 Å². The van der Waals surface area contributed by atoms with Gasteiger partial charge in [0.25, 0.3) is 0 Å². The molecule has 4 heterocycles. The molecule has 51 heavy (non-hydrogen) atoms. The second-order valence-electron chi connectivity index (χ2n) is 14.0. The molecule has 272 valence electrons. The molecule has 10 nitrogen and oxygen atoms in total. The lowest BCUT2D eigenvalue weighted by atomic mass is 9.86. The van der Waals surface area contributed by atoms with Gasteiger partial charge in [-0.15, -0.1) is 0 Å². The maximum absolute atomic E-state index is 13.4. The first-order chi connectivity index (χ1) is 24.9. The first-order valence-electron chi connectivity index (χ1n) is 18.7. The van der Waals surface area contributed by atoms with Gasteiger partial charge in [-0.05, 0) is 98.8 Å². The van der Waals surface area contributed by atoms with Crippen molar-refractivity contribution in [1.29, 1.82) is 0 Å². The summed E-state index contributed by atoms with van der Waals surface area (Å²) in [5.41, 5.74) is 2.59. The van der Waals surface area contributed by atoms with Gasteiger partial charge in [0.05, 0.1) is 24.8 Å². The number of amides is 1. The minimum Gasteiger partial charge on any atom is -0.506 e. The number of aromatic amines is 1. The summed E-state index contributed by atoms with van der Waals surface area (Å²) in [5.74, 6) is 1.30. The zero-order chi connectivity index (χ0) is 35.4. The van der Waals surface area contributed by atoms with Crippen molar-refractivity contribution >= 4 is 22.7 Å². The summed E-state index contributed by atoms with van der Waals surface area (Å²) < 4.78 is 12.1. The highest BCUT2D eigenvalue weighted by atomic mass is 16.6. The number of ether oxygens (including phenoxy) is 2. The minimum atomic E-state index is -0.737. The third kappa shape index (κ3) is 10.1. The number of aromatic nitrogens is 1. The first-order valence-corrected chi connectivity index (χ1v) is 18.7. The lowest BCUT2D eigenvalue weighted by Crippen LogP contribution is -2.53. The average Bonchev–Trinajstić information content (AvgIpc) is 3.16. The SMILES string of the molecule is O=C(O[C@H]1CN2CCC1CC2)N(Cc1ccc(OCCCCCCCCCNC[C@H](O)c2ccc(O)c3[nH]c(=O)ccc23)cc1)c1ccccc1. The molecule has 2 bridgehead atoms. The maximum Gasteiger partial charge on any atom is 0.414 e. The number of fused-ring (bicyclic) bond motifs is 4. The molecular weight excluding hydrogens is 644 g/mol. The average molecular weight is 697 g/mol. The van der Waals surface area contributed by atoms with Gasteiger partial charge in [0.1, 0.15) is 17.6 Å². The van der Waals surface area contributed by atoms with Crippen LogP contribution in [0.3, 0.4) is 0 Å². The normalized spacial score (nSPS) is 18.8. The largest absolute Gasteiger partial charge is 0.506 e. The van der Waals surface area contributed by atoms with Crippen LogP contribution in [0.1, 0.15) is 75.0 Å². The molecule has 0 radical (unpaired) electrons. The van der Waals surface area contributed by atoms with Crippen LogP contribution in [0.25, 0.3) is 10.9 Å². The Morgan fingerprint density at radius 2 is 1.63 bits per heavy atom. The fourth-order valence-corrected chi connectivity index (χ4v) is 7.30. The van der Waals surface area contributed by atoms with E-state index in [-0.39, 0.29) is 23.5 Å². The molecule has 7 rings (SSSR count). The number of nitrogens with zero attached hydrogens (tertiary/aromatic N) is 2. The first kappa shape index (κ1) is 36.4. The fraction of sp³-hybridized carbons (Fsp3) is 0.463. The van der Waals surface area contributed by atoms with Gasteiger partial charge in [-0.3, -0.25) is 14.6 Å². The molecule has 3 aromatic carbocycles. The zero-order valence-corrected chi connectivity index (χ0v) is 29.5. The molecule has 10 heteroatoms. The fourth-order valence-electron chi connectivity index (χ4n) is 7.30. The zero-order valence-electron chi connectivity index (χ0n) is 29.5. The van der Waals surface area contributed by atoms with Gasteiger partial charge in [0.15, 0.2) is 0 Å². The highest BCUT2D eigenvalue weighted by molar-refractivity contribution is 5.88. The number of phenols is 1. The van der Waals surface area contributed by atoms with Gasteiger partial charge < -0.3 is 30.0 Å². The van der Waals surface area contributed by atoms with Gasteiger partial charge in [0, 0.05) is 30.2 Å². The third-order valence-corrected chi connectivity index (χ3v) is 10.3. The quantitative estimate of drug-likeness (QED) is 0.0828. The predicted octanol–water partition coefficient (Wildman–Crippen LogP) is 6.90. The summed E-state index contributed by atoms with van der Waals surface area (Å²) >= 11 is 0. The summed E-state index contributed by atoms with van der Waals surface area (Å²) in [6.07, 6.45) is 9.01. The van der Waals surface area contributed by atoms with Crippen LogP contribution in [0.4, 0.5) is 10.5 Å². The number of H-pyrrole nitrogens is 1. The molecule has 0 spiro atoms. The summed E-state index contributed by atoms with van der Waals surface area (Å²) in [5, 5.41) is 24.7. The van der Waals surface area contributed by atoms with E-state index in [1.54, 1.807) is 17.0 Å². The van der Waals surface area contributed by atoms with Crippen molar-refractivity contribution in [2.75, 3.05) is 44.2 Å². The molecule has 3 saturated heterocycles. The van der Waals surface area contributed by atoms with Crippen LogP contribution < -0.4 is 20.5 Å². The highest BCUT2D eigenvalue weighted by Crippen LogP contribution is 2.31. The van der Waals surface area contributed by atoms with E-state index in [1.807, 2.05) is 54.6 Å². The number of piperidine rings is 3. The smallest absolute Gasteiger partial charge is 0.414 e. The van der Waals surface area contributed by atoms with Crippen LogP contribution in [0.2, 0.25) is 0 Å². The van der Waals surface area contributed by atoms with E-state index in [0.29, 0.717) is 42.1 Å². The number of aliphatic hydroxyl groups excluding tert-OH is 1. The number of rotatable bonds is 18.